The maximum absolute atomic E-state index is 13.7. The largest absolute Gasteiger partial charge is 0.341 e. The molecule has 1 aliphatic heterocycles. The molecule has 1 aromatic carbocycles. The Bertz CT molecular complexity index is 613. The van der Waals surface area contributed by atoms with Crippen molar-refractivity contribution in [3.05, 3.63) is 35.6 Å². The SMILES string of the molecule is CC(C)(C)CNC(=O)N1CCCN(C(=O)Cc2ccccc2F)CC1. The standard InChI is InChI=1S/C19H28FN3O2/c1-19(2,3)14-21-18(25)23-10-6-9-22(11-12-23)17(24)13-15-7-4-5-8-16(15)20/h4-5,7-8H,6,9-14H2,1-3H3,(H,21,25). The van der Waals surface area contributed by atoms with Gasteiger partial charge in [0.05, 0.1) is 6.42 Å². The fourth-order valence-corrected chi connectivity index (χ4v) is 2.74. The summed E-state index contributed by atoms with van der Waals surface area (Å²) in [6.07, 6.45) is 0.787. The summed E-state index contributed by atoms with van der Waals surface area (Å²) in [6.45, 7) is 9.01. The second-order valence-electron chi connectivity index (χ2n) is 7.71. The molecule has 2 rings (SSSR count). The summed E-state index contributed by atoms with van der Waals surface area (Å²) in [5, 5.41) is 2.95. The number of amides is 3. The van der Waals surface area contributed by atoms with Crippen molar-refractivity contribution < 1.29 is 14.0 Å². The van der Waals surface area contributed by atoms with Gasteiger partial charge in [0.2, 0.25) is 5.91 Å². The van der Waals surface area contributed by atoms with Crippen LogP contribution in [0.15, 0.2) is 24.3 Å². The number of nitrogens with one attached hydrogen (secondary N) is 1. The lowest BCUT2D eigenvalue weighted by Crippen LogP contribution is -2.45. The van der Waals surface area contributed by atoms with Crippen molar-refractivity contribution in [3.63, 3.8) is 0 Å². The highest BCUT2D eigenvalue weighted by atomic mass is 19.1. The molecule has 0 spiro atoms. The summed E-state index contributed by atoms with van der Waals surface area (Å²) in [5.41, 5.74) is 0.444. The lowest BCUT2D eigenvalue weighted by molar-refractivity contribution is -0.130. The molecule has 138 valence electrons. The van der Waals surface area contributed by atoms with Crippen molar-refractivity contribution in [2.24, 2.45) is 5.41 Å². The number of rotatable bonds is 3. The first-order valence-corrected chi connectivity index (χ1v) is 8.80. The molecule has 25 heavy (non-hydrogen) atoms. The van der Waals surface area contributed by atoms with E-state index in [1.807, 2.05) is 0 Å². The van der Waals surface area contributed by atoms with Crippen molar-refractivity contribution in [1.82, 2.24) is 15.1 Å². The van der Waals surface area contributed by atoms with Crippen LogP contribution in [0.3, 0.4) is 0 Å². The molecule has 5 nitrogen and oxygen atoms in total. The maximum atomic E-state index is 13.7. The highest BCUT2D eigenvalue weighted by molar-refractivity contribution is 5.79. The Balaban J connectivity index is 1.87. The third kappa shape index (κ3) is 6.03. The number of benzene rings is 1. The molecule has 6 heteroatoms. The van der Waals surface area contributed by atoms with Crippen LogP contribution in [0.1, 0.15) is 32.8 Å². The zero-order chi connectivity index (χ0) is 18.4. The molecule has 3 amide bonds. The van der Waals surface area contributed by atoms with E-state index in [-0.39, 0.29) is 29.6 Å². The first kappa shape index (κ1) is 19.2. The summed E-state index contributed by atoms with van der Waals surface area (Å²) in [6, 6.07) is 6.26. The molecular formula is C19H28FN3O2. The zero-order valence-electron chi connectivity index (χ0n) is 15.3. The van der Waals surface area contributed by atoms with Gasteiger partial charge in [-0.3, -0.25) is 4.79 Å². The van der Waals surface area contributed by atoms with Gasteiger partial charge in [-0.05, 0) is 23.5 Å². The molecule has 1 saturated heterocycles. The highest BCUT2D eigenvalue weighted by Gasteiger charge is 2.23. The average molecular weight is 349 g/mol. The van der Waals surface area contributed by atoms with Gasteiger partial charge in [0, 0.05) is 32.7 Å². The van der Waals surface area contributed by atoms with E-state index in [1.165, 1.54) is 6.07 Å². The fourth-order valence-electron chi connectivity index (χ4n) is 2.74. The molecule has 1 fully saturated rings. The van der Waals surface area contributed by atoms with Crippen molar-refractivity contribution in [1.29, 1.82) is 0 Å². The first-order chi connectivity index (χ1) is 11.8. The van der Waals surface area contributed by atoms with Crippen LogP contribution in [0.2, 0.25) is 0 Å². The molecule has 0 aromatic heterocycles. The first-order valence-electron chi connectivity index (χ1n) is 8.80. The van der Waals surface area contributed by atoms with Crippen molar-refractivity contribution >= 4 is 11.9 Å². The van der Waals surface area contributed by atoms with Crippen LogP contribution in [0.25, 0.3) is 0 Å². The lowest BCUT2D eigenvalue weighted by Gasteiger charge is -2.25. The van der Waals surface area contributed by atoms with Crippen LogP contribution in [-0.2, 0) is 11.2 Å². The highest BCUT2D eigenvalue weighted by Crippen LogP contribution is 2.12. The summed E-state index contributed by atoms with van der Waals surface area (Å²) in [5.74, 6) is -0.448. The minimum Gasteiger partial charge on any atom is -0.341 e. The Kier molecular flexibility index (Phi) is 6.39. The third-order valence-electron chi connectivity index (χ3n) is 4.21. The van der Waals surface area contributed by atoms with Crippen LogP contribution < -0.4 is 5.32 Å². The Morgan fingerprint density at radius 2 is 1.72 bits per heavy atom. The molecule has 1 N–H and O–H groups in total. The topological polar surface area (TPSA) is 52.7 Å². The van der Waals surface area contributed by atoms with E-state index in [4.69, 9.17) is 0 Å². The maximum Gasteiger partial charge on any atom is 0.317 e. The predicted molar refractivity (Wildman–Crippen MR) is 95.7 cm³/mol. The van der Waals surface area contributed by atoms with Gasteiger partial charge < -0.3 is 15.1 Å². The lowest BCUT2D eigenvalue weighted by atomic mass is 9.97. The van der Waals surface area contributed by atoms with Gasteiger partial charge in [0.15, 0.2) is 0 Å². The molecule has 0 aliphatic carbocycles. The van der Waals surface area contributed by atoms with Crippen LogP contribution in [0.4, 0.5) is 9.18 Å². The van der Waals surface area contributed by atoms with Crippen LogP contribution in [0, 0.1) is 11.2 Å². The van der Waals surface area contributed by atoms with Gasteiger partial charge in [-0.25, -0.2) is 9.18 Å². The van der Waals surface area contributed by atoms with Crippen LogP contribution in [0.5, 0.6) is 0 Å². The number of carbonyl (C=O) groups excluding carboxylic acids is 2. The third-order valence-corrected chi connectivity index (χ3v) is 4.21. The van der Waals surface area contributed by atoms with E-state index in [1.54, 1.807) is 28.0 Å². The molecule has 1 aromatic rings. The Labute approximate surface area is 149 Å². The van der Waals surface area contributed by atoms with Crippen LogP contribution in [-0.4, -0.2) is 54.5 Å². The van der Waals surface area contributed by atoms with Gasteiger partial charge in [-0.2, -0.15) is 0 Å². The summed E-state index contributed by atoms with van der Waals surface area (Å²) < 4.78 is 13.7. The van der Waals surface area contributed by atoms with Gasteiger partial charge in [-0.15, -0.1) is 0 Å². The van der Waals surface area contributed by atoms with Gasteiger partial charge in [0.25, 0.3) is 0 Å². The molecule has 0 bridgehead atoms. The summed E-state index contributed by atoms with van der Waals surface area (Å²) >= 11 is 0. The van der Waals surface area contributed by atoms with Crippen molar-refractivity contribution in [2.75, 3.05) is 32.7 Å². The number of hydrogen-bond donors (Lipinski definition) is 1. The van der Waals surface area contributed by atoms with Crippen molar-refractivity contribution in [2.45, 2.75) is 33.6 Å². The van der Waals surface area contributed by atoms with E-state index >= 15 is 0 Å². The molecular weight excluding hydrogens is 321 g/mol. The van der Waals surface area contributed by atoms with Crippen LogP contribution >= 0.6 is 0 Å². The summed E-state index contributed by atoms with van der Waals surface area (Å²) in [7, 11) is 0. The Hall–Kier alpha value is -2.11. The van der Waals surface area contributed by atoms with E-state index in [0.29, 0.717) is 38.3 Å². The van der Waals surface area contributed by atoms with E-state index < -0.39 is 0 Å². The number of carbonyl (C=O) groups is 2. The fraction of sp³-hybridized carbons (Fsp3) is 0.579. The average Bonchev–Trinajstić information content (AvgIpc) is 2.80. The number of hydrogen-bond acceptors (Lipinski definition) is 2. The predicted octanol–water partition coefficient (Wildman–Crippen LogP) is 2.66. The van der Waals surface area contributed by atoms with E-state index in [0.717, 1.165) is 6.42 Å². The summed E-state index contributed by atoms with van der Waals surface area (Å²) in [4.78, 5) is 28.2. The molecule has 0 radical (unpaired) electrons. The Morgan fingerprint density at radius 3 is 2.40 bits per heavy atom. The zero-order valence-corrected chi connectivity index (χ0v) is 15.3. The molecule has 0 unspecified atom stereocenters. The number of urea groups is 1. The minimum absolute atomic E-state index is 0.0310. The quantitative estimate of drug-likeness (QED) is 0.912. The molecule has 0 saturated carbocycles. The second-order valence-corrected chi connectivity index (χ2v) is 7.71. The van der Waals surface area contributed by atoms with Gasteiger partial charge in [-0.1, -0.05) is 39.0 Å². The van der Waals surface area contributed by atoms with E-state index in [9.17, 15) is 14.0 Å². The smallest absolute Gasteiger partial charge is 0.317 e. The van der Waals surface area contributed by atoms with Gasteiger partial charge in [0.1, 0.15) is 5.82 Å². The normalized spacial score (nSPS) is 15.7. The van der Waals surface area contributed by atoms with Gasteiger partial charge >= 0.3 is 6.03 Å². The number of halogens is 1. The monoisotopic (exact) mass is 349 g/mol. The second kappa shape index (κ2) is 8.32. The Morgan fingerprint density at radius 1 is 1.08 bits per heavy atom. The minimum atomic E-state index is -0.353. The number of nitrogens with zero attached hydrogens (tertiary/aromatic N) is 2. The molecule has 1 aliphatic rings. The van der Waals surface area contributed by atoms with E-state index in [2.05, 4.69) is 26.1 Å². The molecule has 1 heterocycles. The molecule has 0 atom stereocenters. The van der Waals surface area contributed by atoms with Crippen molar-refractivity contribution in [3.8, 4) is 0 Å².